The Morgan fingerprint density at radius 2 is 1.92 bits per heavy atom. The lowest BCUT2D eigenvalue weighted by molar-refractivity contribution is 0.392. The molecule has 2 heteroatoms. The number of rotatable bonds is 4. The van der Waals surface area contributed by atoms with Gasteiger partial charge in [-0.25, -0.2) is 0 Å². The highest BCUT2D eigenvalue weighted by Gasteiger charge is 2.30. The van der Waals surface area contributed by atoms with Crippen LogP contribution < -0.4 is 5.32 Å². The molecule has 0 bridgehead atoms. The maximum atomic E-state index is 9.90. The van der Waals surface area contributed by atoms with E-state index in [0.717, 1.165) is 6.42 Å². The van der Waals surface area contributed by atoms with Crippen molar-refractivity contribution in [2.75, 3.05) is 5.32 Å². The van der Waals surface area contributed by atoms with Crippen LogP contribution in [0.15, 0.2) is 42.5 Å². The Labute approximate surface area is 152 Å². The van der Waals surface area contributed by atoms with Crippen LogP contribution in [0.3, 0.4) is 0 Å². The summed E-state index contributed by atoms with van der Waals surface area (Å²) < 4.78 is 0. The van der Waals surface area contributed by atoms with E-state index in [1.165, 1.54) is 41.6 Å². The molecule has 0 radical (unpaired) electrons. The molecule has 2 atom stereocenters. The van der Waals surface area contributed by atoms with E-state index in [4.69, 9.17) is 0 Å². The first kappa shape index (κ1) is 17.8. The average Bonchev–Trinajstić information content (AvgIpc) is 2.57. The number of unbranched alkanes of at least 4 members (excludes halogenated alkanes) is 1. The molecule has 2 aromatic carbocycles. The van der Waals surface area contributed by atoms with Gasteiger partial charge in [-0.3, -0.25) is 0 Å². The Kier molecular flexibility index (Phi) is 5.08. The number of phenolic OH excluding ortho intramolecular Hbond substituents is 1. The van der Waals surface area contributed by atoms with Crippen LogP contribution in [-0.4, -0.2) is 5.11 Å². The summed E-state index contributed by atoms with van der Waals surface area (Å²) in [6.07, 6.45) is 4.78. The van der Waals surface area contributed by atoms with Crippen LogP contribution in [0.25, 0.3) is 0 Å². The van der Waals surface area contributed by atoms with E-state index in [9.17, 15) is 5.11 Å². The second kappa shape index (κ2) is 7.11. The van der Waals surface area contributed by atoms with Crippen LogP contribution in [0.4, 0.5) is 5.69 Å². The number of fused-ring (bicyclic) bond motifs is 1. The molecular weight excluding hydrogens is 306 g/mol. The zero-order valence-corrected chi connectivity index (χ0v) is 16.0. The number of nitrogens with one attached hydrogen (secondary N) is 1. The van der Waals surface area contributed by atoms with Crippen LogP contribution in [-0.2, 0) is 11.8 Å². The van der Waals surface area contributed by atoms with Crippen molar-refractivity contribution >= 4 is 5.69 Å². The number of hydrogen-bond acceptors (Lipinski definition) is 2. The zero-order valence-electron chi connectivity index (χ0n) is 16.0. The van der Waals surface area contributed by atoms with E-state index in [-0.39, 0.29) is 11.5 Å². The van der Waals surface area contributed by atoms with Gasteiger partial charge >= 0.3 is 0 Å². The van der Waals surface area contributed by atoms with Gasteiger partial charge in [-0.05, 0) is 59.1 Å². The monoisotopic (exact) mass is 337 g/mol. The second-order valence-corrected chi connectivity index (χ2v) is 8.45. The highest BCUT2D eigenvalue weighted by molar-refractivity contribution is 5.57. The quantitative estimate of drug-likeness (QED) is 0.695. The van der Waals surface area contributed by atoms with Gasteiger partial charge in [0, 0.05) is 5.69 Å². The molecule has 2 nitrogen and oxygen atoms in total. The number of benzene rings is 2. The molecule has 0 saturated heterocycles. The zero-order chi connectivity index (χ0) is 18.0. The van der Waals surface area contributed by atoms with Crippen molar-refractivity contribution in [1.29, 1.82) is 0 Å². The maximum absolute atomic E-state index is 9.90. The van der Waals surface area contributed by atoms with Gasteiger partial charge in [0.05, 0.1) is 6.04 Å². The van der Waals surface area contributed by atoms with Crippen LogP contribution in [0.2, 0.25) is 0 Å². The van der Waals surface area contributed by atoms with E-state index in [0.29, 0.717) is 11.7 Å². The predicted octanol–water partition coefficient (Wildman–Crippen LogP) is 6.21. The Hall–Kier alpha value is -1.96. The van der Waals surface area contributed by atoms with Gasteiger partial charge < -0.3 is 10.4 Å². The lowest BCUT2D eigenvalue weighted by atomic mass is 9.78. The van der Waals surface area contributed by atoms with Gasteiger partial charge in [-0.2, -0.15) is 0 Å². The van der Waals surface area contributed by atoms with Gasteiger partial charge in [0.15, 0.2) is 0 Å². The summed E-state index contributed by atoms with van der Waals surface area (Å²) in [4.78, 5) is 0. The molecular formula is C23H31NO. The van der Waals surface area contributed by atoms with Gasteiger partial charge in [0.25, 0.3) is 0 Å². The molecule has 0 aliphatic carbocycles. The van der Waals surface area contributed by atoms with E-state index in [2.05, 4.69) is 57.3 Å². The van der Waals surface area contributed by atoms with Crippen molar-refractivity contribution in [3.8, 4) is 5.75 Å². The van der Waals surface area contributed by atoms with Crippen LogP contribution >= 0.6 is 0 Å². The first-order valence-corrected chi connectivity index (χ1v) is 9.57. The van der Waals surface area contributed by atoms with Crippen molar-refractivity contribution < 1.29 is 5.11 Å². The molecule has 1 aliphatic rings. The first-order chi connectivity index (χ1) is 11.9. The van der Waals surface area contributed by atoms with E-state index < -0.39 is 0 Å². The van der Waals surface area contributed by atoms with Crippen molar-refractivity contribution in [1.82, 2.24) is 0 Å². The number of hydrogen-bond donors (Lipinski definition) is 2. The van der Waals surface area contributed by atoms with E-state index >= 15 is 0 Å². The van der Waals surface area contributed by atoms with E-state index in [1.54, 1.807) is 6.07 Å². The van der Waals surface area contributed by atoms with E-state index in [1.807, 2.05) is 12.1 Å². The van der Waals surface area contributed by atoms with Crippen LogP contribution in [0, 0.1) is 5.92 Å². The van der Waals surface area contributed by atoms with Crippen LogP contribution in [0.1, 0.15) is 69.7 Å². The summed E-state index contributed by atoms with van der Waals surface area (Å²) in [5.74, 6) is 0.909. The molecule has 2 aromatic rings. The smallest absolute Gasteiger partial charge is 0.115 e. The standard InChI is InChI=1S/C23H31NO/c1-5-6-8-16-13-18-14-19(23(2,3)4)11-12-21(18)24-22(16)17-9-7-10-20(25)15-17/h7,9-12,14-16,22,24-25H,5-6,8,13H2,1-4H3/t16?,22-/m0/s1. The molecule has 0 aromatic heterocycles. The minimum absolute atomic E-state index is 0.177. The molecule has 1 aliphatic heterocycles. The molecule has 1 unspecified atom stereocenters. The Morgan fingerprint density at radius 1 is 1.12 bits per heavy atom. The molecule has 3 rings (SSSR count). The molecule has 0 spiro atoms. The number of phenols is 1. The molecule has 2 N–H and O–H groups in total. The summed E-state index contributed by atoms with van der Waals surface area (Å²) in [5, 5.41) is 13.7. The fraction of sp³-hybridized carbons (Fsp3) is 0.478. The third-order valence-corrected chi connectivity index (χ3v) is 5.39. The SMILES string of the molecule is CCCCC1Cc2cc(C(C)(C)C)ccc2N[C@@H]1c1cccc(O)c1. The van der Waals surface area contributed by atoms with Crippen LogP contribution in [0.5, 0.6) is 5.75 Å². The largest absolute Gasteiger partial charge is 0.508 e. The summed E-state index contributed by atoms with van der Waals surface area (Å²) in [5.41, 5.74) is 5.44. The Morgan fingerprint density at radius 3 is 2.60 bits per heavy atom. The van der Waals surface area contributed by atoms with Gasteiger partial charge in [0.1, 0.15) is 5.75 Å². The normalized spacial score (nSPS) is 20.0. The Bertz CT molecular complexity index is 729. The predicted molar refractivity (Wildman–Crippen MR) is 106 cm³/mol. The van der Waals surface area contributed by atoms with Gasteiger partial charge in [-0.15, -0.1) is 0 Å². The average molecular weight is 338 g/mol. The fourth-order valence-corrected chi connectivity index (χ4v) is 3.86. The minimum atomic E-state index is 0.177. The topological polar surface area (TPSA) is 32.3 Å². The maximum Gasteiger partial charge on any atom is 0.115 e. The second-order valence-electron chi connectivity index (χ2n) is 8.45. The molecule has 0 amide bonds. The summed E-state index contributed by atoms with van der Waals surface area (Å²) in [7, 11) is 0. The van der Waals surface area contributed by atoms with Crippen molar-refractivity contribution in [3.63, 3.8) is 0 Å². The lowest BCUT2D eigenvalue weighted by Crippen LogP contribution is -2.28. The third kappa shape index (κ3) is 4.00. The molecule has 1 heterocycles. The third-order valence-electron chi connectivity index (χ3n) is 5.39. The fourth-order valence-electron chi connectivity index (χ4n) is 3.86. The summed E-state index contributed by atoms with van der Waals surface area (Å²) in [6, 6.07) is 14.9. The first-order valence-electron chi connectivity index (χ1n) is 9.57. The van der Waals surface area contributed by atoms with Crippen molar-refractivity contribution in [2.45, 2.75) is 64.8 Å². The molecule has 25 heavy (non-hydrogen) atoms. The molecule has 0 fully saturated rings. The number of anilines is 1. The Balaban J connectivity index is 1.95. The van der Waals surface area contributed by atoms with Crippen molar-refractivity contribution in [3.05, 3.63) is 59.2 Å². The lowest BCUT2D eigenvalue weighted by Gasteiger charge is -2.36. The van der Waals surface area contributed by atoms with Gasteiger partial charge in [0.2, 0.25) is 0 Å². The minimum Gasteiger partial charge on any atom is -0.508 e. The summed E-state index contributed by atoms with van der Waals surface area (Å²) >= 11 is 0. The number of aromatic hydroxyl groups is 1. The highest BCUT2D eigenvalue weighted by atomic mass is 16.3. The molecule has 134 valence electrons. The van der Waals surface area contributed by atoms with Crippen molar-refractivity contribution in [2.24, 2.45) is 5.92 Å². The molecule has 0 saturated carbocycles. The summed E-state index contributed by atoms with van der Waals surface area (Å²) in [6.45, 7) is 9.07. The van der Waals surface area contributed by atoms with Gasteiger partial charge in [-0.1, -0.05) is 64.8 Å². The highest BCUT2D eigenvalue weighted by Crippen LogP contribution is 2.41.